The highest BCUT2D eigenvalue weighted by Gasteiger charge is 2.50. The second kappa shape index (κ2) is 9.69. The van der Waals surface area contributed by atoms with Gasteiger partial charge in [-0.15, -0.1) is 0 Å². The number of nitrogens with one attached hydrogen (secondary N) is 2. The molecule has 188 valence electrons. The molecule has 0 saturated heterocycles. The van der Waals surface area contributed by atoms with Crippen LogP contribution in [0.15, 0.2) is 35.2 Å². The van der Waals surface area contributed by atoms with Gasteiger partial charge in [0.05, 0.1) is 22.3 Å². The Kier molecular flexibility index (Phi) is 7.01. The van der Waals surface area contributed by atoms with Crippen LogP contribution in [-0.2, 0) is 14.6 Å². The van der Waals surface area contributed by atoms with Crippen molar-refractivity contribution in [3.05, 3.63) is 58.4 Å². The Bertz CT molecular complexity index is 1250. The summed E-state index contributed by atoms with van der Waals surface area (Å²) in [5, 5.41) is 4.18. The fourth-order valence-corrected chi connectivity index (χ4v) is 8.04. The van der Waals surface area contributed by atoms with Crippen molar-refractivity contribution >= 4 is 39.1 Å². The first kappa shape index (κ1) is 25.3. The van der Waals surface area contributed by atoms with Gasteiger partial charge in [-0.25, -0.2) is 26.4 Å². The van der Waals surface area contributed by atoms with Crippen LogP contribution in [0.1, 0.15) is 36.0 Å². The van der Waals surface area contributed by atoms with Crippen LogP contribution in [0.3, 0.4) is 0 Å². The predicted molar refractivity (Wildman–Crippen MR) is 121 cm³/mol. The van der Waals surface area contributed by atoms with Crippen LogP contribution in [0, 0.1) is 29.3 Å². The number of carbonyl (C=O) groups is 2. The van der Waals surface area contributed by atoms with E-state index in [9.17, 15) is 31.2 Å². The number of anilines is 1. The minimum atomic E-state index is -3.96. The third-order valence-electron chi connectivity index (χ3n) is 6.62. The number of hydrogen-bond acceptors (Lipinski definition) is 5. The molecule has 0 heterocycles. The highest BCUT2D eigenvalue weighted by Crippen LogP contribution is 2.48. The monoisotopic (exact) mass is 530 g/mol. The zero-order chi connectivity index (χ0) is 25.5. The molecular weight excluding hydrogens is 509 g/mol. The van der Waals surface area contributed by atoms with E-state index >= 15 is 0 Å². The summed E-state index contributed by atoms with van der Waals surface area (Å²) >= 11 is 6.23. The Morgan fingerprint density at radius 2 is 1.63 bits per heavy atom. The summed E-state index contributed by atoms with van der Waals surface area (Å²) in [5.41, 5.74) is -0.438. The number of amides is 2. The SMILES string of the molecule is COC(=O)NC1CC2CC[C@@H](C1)C2S(=O)(=O)c1cc(C(=O)Nc2cc(F)c(F)c(F)c2)ccc1Cl. The maximum atomic E-state index is 13.6. The van der Waals surface area contributed by atoms with E-state index in [0.29, 0.717) is 37.8 Å². The molecule has 0 aliphatic heterocycles. The Morgan fingerprint density at radius 3 is 2.20 bits per heavy atom. The molecule has 4 rings (SSSR count). The summed E-state index contributed by atoms with van der Waals surface area (Å²) in [6, 6.07) is 4.70. The maximum absolute atomic E-state index is 13.6. The van der Waals surface area contributed by atoms with E-state index in [1.165, 1.54) is 19.2 Å². The van der Waals surface area contributed by atoms with Crippen LogP contribution < -0.4 is 10.6 Å². The zero-order valence-electron chi connectivity index (χ0n) is 18.5. The first-order valence-corrected chi connectivity index (χ1v) is 12.8. The minimum Gasteiger partial charge on any atom is -0.453 e. The number of alkyl carbamates (subject to hydrolysis) is 1. The first-order chi connectivity index (χ1) is 16.5. The maximum Gasteiger partial charge on any atom is 0.407 e. The third-order valence-corrected chi connectivity index (χ3v) is 9.50. The van der Waals surface area contributed by atoms with Crippen LogP contribution in [0.4, 0.5) is 23.7 Å². The fourth-order valence-electron chi connectivity index (χ4n) is 5.16. The predicted octanol–water partition coefficient (Wildman–Crippen LogP) is 4.70. The highest BCUT2D eigenvalue weighted by atomic mass is 35.5. The van der Waals surface area contributed by atoms with Gasteiger partial charge in [-0.2, -0.15) is 0 Å². The second-order valence-corrected chi connectivity index (χ2v) is 11.2. The van der Waals surface area contributed by atoms with Gasteiger partial charge in [-0.1, -0.05) is 11.6 Å². The molecule has 4 atom stereocenters. The number of fused-ring (bicyclic) bond motifs is 2. The van der Waals surface area contributed by atoms with Crippen molar-refractivity contribution in [2.75, 3.05) is 12.4 Å². The molecule has 2 fully saturated rings. The van der Waals surface area contributed by atoms with E-state index in [1.807, 2.05) is 0 Å². The van der Waals surface area contributed by atoms with Gasteiger partial charge in [0.1, 0.15) is 0 Å². The molecule has 2 bridgehead atoms. The van der Waals surface area contributed by atoms with Crippen molar-refractivity contribution in [3.63, 3.8) is 0 Å². The van der Waals surface area contributed by atoms with Crippen molar-refractivity contribution in [1.82, 2.24) is 5.32 Å². The summed E-state index contributed by atoms with van der Waals surface area (Å²) < 4.78 is 72.1. The summed E-state index contributed by atoms with van der Waals surface area (Å²) in [6.45, 7) is 0. The molecule has 2 saturated carbocycles. The molecule has 2 aliphatic rings. The van der Waals surface area contributed by atoms with E-state index in [1.54, 1.807) is 0 Å². The third kappa shape index (κ3) is 4.97. The van der Waals surface area contributed by atoms with Gasteiger partial charge in [0.25, 0.3) is 5.91 Å². The topological polar surface area (TPSA) is 102 Å². The number of halogens is 4. The molecule has 2 aromatic rings. The molecule has 3 unspecified atom stereocenters. The van der Waals surface area contributed by atoms with Crippen LogP contribution in [-0.4, -0.2) is 38.8 Å². The first-order valence-electron chi connectivity index (χ1n) is 10.8. The lowest BCUT2D eigenvalue weighted by atomic mass is 9.85. The lowest BCUT2D eigenvalue weighted by molar-refractivity contribution is 0.102. The molecule has 2 aromatic carbocycles. The van der Waals surface area contributed by atoms with Crippen LogP contribution in [0.5, 0.6) is 0 Å². The molecule has 35 heavy (non-hydrogen) atoms. The van der Waals surface area contributed by atoms with E-state index in [0.717, 1.165) is 6.07 Å². The number of ether oxygens (including phenoxy) is 1. The standard InChI is InChI=1S/C23H22ClF3N2O5S/c1-34-23(31)29-14-6-11-2-3-12(7-14)21(11)35(32,33)19-8-13(4-5-16(19)24)22(30)28-15-9-17(25)20(27)18(26)10-15/h4-5,8-12,14,21H,2-3,6-7H2,1H3,(H,28,30)(H,29,31)/t11-,12?,14?,21?/m0/s1. The number of methoxy groups -OCH3 is 1. The van der Waals surface area contributed by atoms with Gasteiger partial charge in [0.15, 0.2) is 27.3 Å². The highest BCUT2D eigenvalue weighted by molar-refractivity contribution is 7.92. The Labute approximate surface area is 204 Å². The summed E-state index contributed by atoms with van der Waals surface area (Å²) in [5.74, 6) is -5.90. The van der Waals surface area contributed by atoms with E-state index < -0.39 is 44.5 Å². The second-order valence-electron chi connectivity index (χ2n) is 8.76. The van der Waals surface area contributed by atoms with E-state index in [2.05, 4.69) is 15.4 Å². The molecule has 2 amide bonds. The van der Waals surface area contributed by atoms with Crippen molar-refractivity contribution in [3.8, 4) is 0 Å². The Balaban J connectivity index is 1.58. The number of rotatable bonds is 5. The van der Waals surface area contributed by atoms with E-state index in [4.69, 9.17) is 11.6 Å². The summed E-state index contributed by atoms with van der Waals surface area (Å²) in [4.78, 5) is 24.0. The number of sulfone groups is 1. The average Bonchev–Trinajstić information content (AvgIpc) is 3.09. The molecule has 2 aliphatic carbocycles. The molecule has 0 radical (unpaired) electrons. The number of hydrogen-bond donors (Lipinski definition) is 2. The van der Waals surface area contributed by atoms with Gasteiger partial charge in [0.2, 0.25) is 0 Å². The Morgan fingerprint density at radius 1 is 1.03 bits per heavy atom. The van der Waals surface area contributed by atoms with Crippen LogP contribution in [0.2, 0.25) is 5.02 Å². The normalized spacial score (nSPS) is 23.6. The van der Waals surface area contributed by atoms with Gasteiger partial charge in [0, 0.05) is 29.4 Å². The van der Waals surface area contributed by atoms with Crippen molar-refractivity contribution in [1.29, 1.82) is 0 Å². The lowest BCUT2D eigenvalue weighted by Gasteiger charge is -2.35. The quantitative estimate of drug-likeness (QED) is 0.546. The van der Waals surface area contributed by atoms with Crippen molar-refractivity contribution < 1.29 is 35.9 Å². The van der Waals surface area contributed by atoms with Gasteiger partial charge in [-0.3, -0.25) is 4.79 Å². The average molecular weight is 531 g/mol. The molecule has 7 nitrogen and oxygen atoms in total. The summed E-state index contributed by atoms with van der Waals surface area (Å²) in [6.07, 6.45) is 1.71. The molecule has 0 spiro atoms. The number of carbonyl (C=O) groups excluding carboxylic acids is 2. The molecule has 0 aromatic heterocycles. The van der Waals surface area contributed by atoms with Crippen LogP contribution in [0.25, 0.3) is 0 Å². The molecule has 2 N–H and O–H groups in total. The molecular formula is C23H22ClF3N2O5S. The largest absolute Gasteiger partial charge is 0.453 e. The lowest BCUT2D eigenvalue weighted by Crippen LogP contribution is -2.46. The fraction of sp³-hybridized carbons (Fsp3) is 0.391. The van der Waals surface area contributed by atoms with Crippen molar-refractivity contribution in [2.45, 2.75) is 41.9 Å². The van der Waals surface area contributed by atoms with Gasteiger partial charge >= 0.3 is 6.09 Å². The Hall–Kier alpha value is -2.79. The van der Waals surface area contributed by atoms with Crippen molar-refractivity contribution in [2.24, 2.45) is 11.8 Å². The minimum absolute atomic E-state index is 0.0605. The van der Waals surface area contributed by atoms with Crippen LogP contribution >= 0.6 is 11.6 Å². The summed E-state index contributed by atoms with van der Waals surface area (Å²) in [7, 11) is -2.70. The van der Waals surface area contributed by atoms with Gasteiger partial charge < -0.3 is 15.4 Å². The smallest absolute Gasteiger partial charge is 0.407 e. The zero-order valence-corrected chi connectivity index (χ0v) is 20.1. The number of benzene rings is 2. The molecule has 12 heteroatoms. The van der Waals surface area contributed by atoms with E-state index in [-0.39, 0.29) is 39.0 Å². The van der Waals surface area contributed by atoms with Gasteiger partial charge in [-0.05, 0) is 55.7 Å².